The molecule has 3 aromatic carbocycles. The van der Waals surface area contributed by atoms with Crippen LogP contribution < -0.4 is 19.6 Å². The summed E-state index contributed by atoms with van der Waals surface area (Å²) in [7, 11) is 1.59. The molecule has 1 heterocycles. The van der Waals surface area contributed by atoms with Crippen LogP contribution in [0.1, 0.15) is 18.1 Å². The van der Waals surface area contributed by atoms with Crippen LogP contribution in [0.3, 0.4) is 0 Å². The highest BCUT2D eigenvalue weighted by molar-refractivity contribution is 5.89. The lowest BCUT2D eigenvalue weighted by molar-refractivity contribution is -0.128. The van der Waals surface area contributed by atoms with Gasteiger partial charge in [-0.05, 0) is 60.0 Å². The van der Waals surface area contributed by atoms with E-state index in [1.165, 1.54) is 30.0 Å². The van der Waals surface area contributed by atoms with Crippen molar-refractivity contribution >= 4 is 23.0 Å². The van der Waals surface area contributed by atoms with Crippen molar-refractivity contribution in [2.24, 2.45) is 0 Å². The molecule has 4 rings (SSSR count). The zero-order valence-electron chi connectivity index (χ0n) is 18.2. The third kappa shape index (κ3) is 5.30. The van der Waals surface area contributed by atoms with Gasteiger partial charge < -0.3 is 18.6 Å². The van der Waals surface area contributed by atoms with E-state index in [4.69, 9.17) is 18.6 Å². The standard InChI is InChI=1S/C27H22O6/c1-3-18-4-11-21(12-5-18)32-25-17-31-24-16-22(13-14-23(24)27(25)29)33-26(28)15-8-19-6-9-20(30-2)10-7-19/h4-17H,3H2,1-2H3. The summed E-state index contributed by atoms with van der Waals surface area (Å²) in [6.07, 6.45) is 5.14. The number of fused-ring (bicyclic) bond motifs is 1. The molecule has 0 bridgehead atoms. The fraction of sp³-hybridized carbons (Fsp3) is 0.111. The summed E-state index contributed by atoms with van der Waals surface area (Å²) in [4.78, 5) is 25.0. The first-order chi connectivity index (χ1) is 16.1. The highest BCUT2D eigenvalue weighted by Gasteiger charge is 2.11. The first kappa shape index (κ1) is 21.9. The van der Waals surface area contributed by atoms with E-state index in [1.807, 2.05) is 36.4 Å². The number of hydrogen-bond acceptors (Lipinski definition) is 6. The molecule has 0 radical (unpaired) electrons. The maximum atomic E-state index is 12.8. The number of ether oxygens (including phenoxy) is 3. The van der Waals surface area contributed by atoms with E-state index < -0.39 is 5.97 Å². The van der Waals surface area contributed by atoms with Crippen molar-refractivity contribution in [1.82, 2.24) is 0 Å². The molecule has 4 aromatic rings. The van der Waals surface area contributed by atoms with Gasteiger partial charge in [0, 0.05) is 12.1 Å². The Labute approximate surface area is 190 Å². The zero-order valence-corrected chi connectivity index (χ0v) is 18.2. The lowest BCUT2D eigenvalue weighted by Crippen LogP contribution is -2.06. The van der Waals surface area contributed by atoms with Crippen molar-refractivity contribution in [3.05, 3.63) is 100 Å². The molecule has 0 aliphatic carbocycles. The number of rotatable bonds is 7. The van der Waals surface area contributed by atoms with Crippen LogP contribution >= 0.6 is 0 Å². The maximum absolute atomic E-state index is 12.8. The fourth-order valence-electron chi connectivity index (χ4n) is 3.17. The van der Waals surface area contributed by atoms with Gasteiger partial charge in [0.15, 0.2) is 0 Å². The topological polar surface area (TPSA) is 75.0 Å². The van der Waals surface area contributed by atoms with Gasteiger partial charge in [0.25, 0.3) is 0 Å². The van der Waals surface area contributed by atoms with Crippen LogP contribution in [0.2, 0.25) is 0 Å². The molecule has 0 fully saturated rings. The summed E-state index contributed by atoms with van der Waals surface area (Å²) in [6.45, 7) is 2.07. The molecule has 0 spiro atoms. The van der Waals surface area contributed by atoms with Crippen LogP contribution in [0.15, 0.2) is 88.3 Å². The van der Waals surface area contributed by atoms with Crippen LogP contribution in [0.5, 0.6) is 23.0 Å². The molecular weight excluding hydrogens is 420 g/mol. The largest absolute Gasteiger partial charge is 0.497 e. The Morgan fingerprint density at radius 3 is 2.33 bits per heavy atom. The molecule has 0 unspecified atom stereocenters. The third-order valence-electron chi connectivity index (χ3n) is 5.02. The van der Waals surface area contributed by atoms with Gasteiger partial charge in [-0.1, -0.05) is 31.2 Å². The van der Waals surface area contributed by atoms with Crippen molar-refractivity contribution < 1.29 is 23.4 Å². The van der Waals surface area contributed by atoms with Crippen molar-refractivity contribution in [1.29, 1.82) is 0 Å². The summed E-state index contributed by atoms with van der Waals surface area (Å²) in [6, 6.07) is 19.3. The number of esters is 1. The molecule has 0 atom stereocenters. The lowest BCUT2D eigenvalue weighted by Gasteiger charge is -2.07. The minimum absolute atomic E-state index is 0.0823. The predicted octanol–water partition coefficient (Wildman–Crippen LogP) is 5.78. The average molecular weight is 442 g/mol. The Hall–Kier alpha value is -4.32. The highest BCUT2D eigenvalue weighted by Crippen LogP contribution is 2.24. The Morgan fingerprint density at radius 2 is 1.64 bits per heavy atom. The van der Waals surface area contributed by atoms with Gasteiger partial charge in [-0.25, -0.2) is 4.79 Å². The number of hydrogen-bond donors (Lipinski definition) is 0. The van der Waals surface area contributed by atoms with Crippen molar-refractivity contribution in [3.63, 3.8) is 0 Å². The summed E-state index contributed by atoms with van der Waals surface area (Å²) in [5.74, 6) is 1.07. The minimum Gasteiger partial charge on any atom is -0.497 e. The average Bonchev–Trinajstić information content (AvgIpc) is 2.85. The molecule has 1 aromatic heterocycles. The zero-order chi connectivity index (χ0) is 23.2. The number of carbonyl (C=O) groups excluding carboxylic acids is 1. The number of aryl methyl sites for hydroxylation is 1. The number of carbonyl (C=O) groups is 1. The van der Waals surface area contributed by atoms with Gasteiger partial charge in [0.1, 0.15) is 29.1 Å². The molecule has 0 aliphatic heterocycles. The van der Waals surface area contributed by atoms with Crippen molar-refractivity contribution in [3.8, 4) is 23.0 Å². The van der Waals surface area contributed by atoms with E-state index >= 15 is 0 Å². The maximum Gasteiger partial charge on any atom is 0.336 e. The Bertz CT molecular complexity index is 1350. The summed E-state index contributed by atoms with van der Waals surface area (Å²) in [5.41, 5.74) is 1.98. The highest BCUT2D eigenvalue weighted by atomic mass is 16.5. The van der Waals surface area contributed by atoms with Gasteiger partial charge in [-0.15, -0.1) is 0 Å². The molecule has 33 heavy (non-hydrogen) atoms. The predicted molar refractivity (Wildman–Crippen MR) is 126 cm³/mol. The molecule has 166 valence electrons. The van der Waals surface area contributed by atoms with Crippen LogP contribution in [0.25, 0.3) is 17.0 Å². The second-order valence-electron chi connectivity index (χ2n) is 7.21. The van der Waals surface area contributed by atoms with E-state index in [1.54, 1.807) is 31.4 Å². The summed E-state index contributed by atoms with van der Waals surface area (Å²) in [5, 5.41) is 0.325. The van der Waals surface area contributed by atoms with E-state index in [-0.39, 0.29) is 22.5 Å². The van der Waals surface area contributed by atoms with E-state index in [9.17, 15) is 9.59 Å². The fourth-order valence-corrected chi connectivity index (χ4v) is 3.17. The molecule has 0 saturated heterocycles. The molecule has 0 aliphatic rings. The van der Waals surface area contributed by atoms with Gasteiger partial charge in [-0.3, -0.25) is 4.79 Å². The molecular formula is C27H22O6. The molecule has 0 N–H and O–H groups in total. The summed E-state index contributed by atoms with van der Waals surface area (Å²) >= 11 is 0. The first-order valence-corrected chi connectivity index (χ1v) is 10.4. The second-order valence-corrected chi connectivity index (χ2v) is 7.21. The van der Waals surface area contributed by atoms with Gasteiger partial charge in [0.2, 0.25) is 11.2 Å². The SMILES string of the molecule is CCc1ccc(Oc2coc3cc(OC(=O)C=Cc4ccc(OC)cc4)ccc3c2=O)cc1. The number of benzene rings is 3. The van der Waals surface area contributed by atoms with E-state index in [2.05, 4.69) is 6.92 Å². The summed E-state index contributed by atoms with van der Waals surface area (Å²) < 4.78 is 21.7. The molecule has 6 nitrogen and oxygen atoms in total. The molecule has 0 saturated carbocycles. The normalized spacial score (nSPS) is 11.0. The quantitative estimate of drug-likeness (QED) is 0.205. The van der Waals surface area contributed by atoms with Crippen LogP contribution in [-0.2, 0) is 11.2 Å². The second kappa shape index (κ2) is 9.87. The van der Waals surface area contributed by atoms with Crippen molar-refractivity contribution in [2.45, 2.75) is 13.3 Å². The molecule has 0 amide bonds. The monoisotopic (exact) mass is 442 g/mol. The van der Waals surface area contributed by atoms with Gasteiger partial charge in [0.05, 0.1) is 12.5 Å². The lowest BCUT2D eigenvalue weighted by atomic mass is 10.2. The molecule has 6 heteroatoms. The van der Waals surface area contributed by atoms with E-state index in [0.717, 1.165) is 17.7 Å². The van der Waals surface area contributed by atoms with Gasteiger partial charge in [-0.2, -0.15) is 0 Å². The smallest absolute Gasteiger partial charge is 0.336 e. The van der Waals surface area contributed by atoms with Crippen molar-refractivity contribution in [2.75, 3.05) is 7.11 Å². The Kier molecular flexibility index (Phi) is 6.55. The third-order valence-corrected chi connectivity index (χ3v) is 5.02. The van der Waals surface area contributed by atoms with Crippen LogP contribution in [-0.4, -0.2) is 13.1 Å². The minimum atomic E-state index is -0.553. The van der Waals surface area contributed by atoms with Crippen LogP contribution in [0.4, 0.5) is 0 Å². The van der Waals surface area contributed by atoms with Crippen LogP contribution in [0, 0.1) is 0 Å². The first-order valence-electron chi connectivity index (χ1n) is 10.4. The van der Waals surface area contributed by atoms with E-state index in [0.29, 0.717) is 11.1 Å². The number of methoxy groups -OCH3 is 1. The Morgan fingerprint density at radius 1 is 0.939 bits per heavy atom. The Balaban J connectivity index is 1.47. The van der Waals surface area contributed by atoms with Gasteiger partial charge >= 0.3 is 5.97 Å².